The van der Waals surface area contributed by atoms with Crippen LogP contribution in [0.5, 0.6) is 17.2 Å². The Balaban J connectivity index is 1.13. The SMILES string of the molecule is O=C1CCc2c(Oc3ccc4c(c3)[C@H]3C(=BNC(=O)Nc5cc(F)cc(C(F)(F)F)c5)[C@H]3O4)ccnc2N1. The van der Waals surface area contributed by atoms with E-state index in [1.165, 1.54) is 7.06 Å². The van der Waals surface area contributed by atoms with Crippen molar-refractivity contribution in [1.29, 1.82) is 0 Å². The van der Waals surface area contributed by atoms with Gasteiger partial charge < -0.3 is 0 Å². The van der Waals surface area contributed by atoms with E-state index < -0.39 is 23.6 Å². The second-order valence-corrected chi connectivity index (χ2v) is 8.97. The summed E-state index contributed by atoms with van der Waals surface area (Å²) < 4.78 is 64.2. The number of ether oxygens (including phenoxy) is 2. The van der Waals surface area contributed by atoms with E-state index in [1.54, 1.807) is 24.4 Å². The molecule has 13 heteroatoms. The fourth-order valence-corrected chi connectivity index (χ4v) is 4.61. The van der Waals surface area contributed by atoms with E-state index in [0.29, 0.717) is 48.0 Å². The molecule has 1 fully saturated rings. The number of amides is 3. The summed E-state index contributed by atoms with van der Waals surface area (Å²) in [5, 5.41) is 7.39. The molecule has 0 unspecified atom stereocenters. The van der Waals surface area contributed by atoms with Crippen molar-refractivity contribution in [2.24, 2.45) is 0 Å². The number of benzene rings is 2. The Morgan fingerprint density at radius 1 is 1.16 bits per heavy atom. The normalized spacial score (nSPS) is 19.8. The van der Waals surface area contributed by atoms with Gasteiger partial charge in [-0.25, -0.2) is 0 Å². The Labute approximate surface area is 213 Å². The third-order valence-corrected chi connectivity index (χ3v) is 6.40. The summed E-state index contributed by atoms with van der Waals surface area (Å²) in [5.74, 6) is 0.962. The van der Waals surface area contributed by atoms with E-state index in [-0.39, 0.29) is 23.6 Å². The Hall–Kier alpha value is -4.42. The van der Waals surface area contributed by atoms with Gasteiger partial charge in [0.05, 0.1) is 0 Å². The van der Waals surface area contributed by atoms with E-state index in [0.717, 1.165) is 22.7 Å². The van der Waals surface area contributed by atoms with E-state index in [1.807, 2.05) is 6.07 Å². The molecule has 1 aromatic heterocycles. The fourth-order valence-electron chi connectivity index (χ4n) is 4.61. The number of urea groups is 1. The molecule has 2 atom stereocenters. The Bertz CT molecular complexity index is 1530. The molecule has 1 saturated carbocycles. The molecule has 6 rings (SSSR count). The van der Waals surface area contributed by atoms with Crippen LogP contribution in [0.3, 0.4) is 0 Å². The summed E-state index contributed by atoms with van der Waals surface area (Å²) in [7, 11) is 1.42. The van der Waals surface area contributed by atoms with Crippen LogP contribution in [0.4, 0.5) is 33.9 Å². The van der Waals surface area contributed by atoms with Crippen molar-refractivity contribution in [2.45, 2.75) is 31.0 Å². The van der Waals surface area contributed by atoms with E-state index in [2.05, 4.69) is 20.8 Å². The summed E-state index contributed by atoms with van der Waals surface area (Å²) in [6.07, 6.45) is -2.62. The van der Waals surface area contributed by atoms with Crippen LogP contribution in [0.1, 0.15) is 29.0 Å². The molecule has 2 aromatic carbocycles. The number of pyridine rings is 1. The number of nitrogens with one attached hydrogen (secondary N) is 3. The van der Waals surface area contributed by atoms with Crippen molar-refractivity contribution in [3.8, 4) is 17.2 Å². The average molecular weight is 524 g/mol. The summed E-state index contributed by atoms with van der Waals surface area (Å²) in [5.41, 5.74) is 0.902. The first-order valence-corrected chi connectivity index (χ1v) is 11.6. The van der Waals surface area contributed by atoms with Crippen molar-refractivity contribution >= 4 is 36.0 Å². The summed E-state index contributed by atoms with van der Waals surface area (Å²) in [4.78, 5) is 28.1. The molecular formula is C25H17BF4N4O4. The molecule has 3 N–H and O–H groups in total. The third-order valence-electron chi connectivity index (χ3n) is 6.40. The van der Waals surface area contributed by atoms with Gasteiger partial charge in [-0.3, -0.25) is 0 Å². The number of anilines is 2. The van der Waals surface area contributed by atoms with Crippen LogP contribution in [0.25, 0.3) is 0 Å². The molecular weight excluding hydrogens is 507 g/mol. The maximum absolute atomic E-state index is 13.6. The molecule has 0 radical (unpaired) electrons. The van der Waals surface area contributed by atoms with Gasteiger partial charge >= 0.3 is 213 Å². The Kier molecular flexibility index (Phi) is 5.58. The average Bonchev–Trinajstić information content (AvgIpc) is 3.41. The first kappa shape index (κ1) is 24.0. The van der Waals surface area contributed by atoms with Gasteiger partial charge in [0.1, 0.15) is 0 Å². The van der Waals surface area contributed by atoms with Gasteiger partial charge in [0.15, 0.2) is 0 Å². The zero-order valence-electron chi connectivity index (χ0n) is 19.4. The first-order chi connectivity index (χ1) is 18.2. The number of carbonyl (C=O) groups is 2. The predicted molar refractivity (Wildman–Crippen MR) is 129 cm³/mol. The minimum absolute atomic E-state index is 0.0970. The summed E-state index contributed by atoms with van der Waals surface area (Å²) in [6, 6.07) is 8.08. The number of nitrogens with zero attached hydrogens (tertiary/aromatic N) is 1. The second-order valence-electron chi connectivity index (χ2n) is 8.97. The predicted octanol–water partition coefficient (Wildman–Crippen LogP) is 4.39. The molecule has 2 aliphatic heterocycles. The molecule has 3 amide bonds. The number of alkyl halides is 3. The second kappa shape index (κ2) is 8.86. The van der Waals surface area contributed by atoms with Gasteiger partial charge in [-0.15, -0.1) is 0 Å². The molecule has 0 spiro atoms. The number of halogens is 4. The van der Waals surface area contributed by atoms with Crippen LogP contribution in [-0.2, 0) is 17.4 Å². The number of carbonyl (C=O) groups excluding carboxylic acids is 2. The van der Waals surface area contributed by atoms with E-state index >= 15 is 0 Å². The van der Waals surface area contributed by atoms with E-state index in [4.69, 9.17) is 9.47 Å². The maximum atomic E-state index is 13.6. The van der Waals surface area contributed by atoms with Crippen LogP contribution < -0.4 is 25.3 Å². The zero-order valence-corrected chi connectivity index (χ0v) is 19.4. The molecule has 38 heavy (non-hydrogen) atoms. The van der Waals surface area contributed by atoms with Gasteiger partial charge in [0.25, 0.3) is 0 Å². The van der Waals surface area contributed by atoms with Crippen LogP contribution in [0.2, 0.25) is 0 Å². The topological polar surface area (TPSA) is 102 Å². The van der Waals surface area contributed by atoms with Crippen molar-refractivity contribution < 1.29 is 36.6 Å². The van der Waals surface area contributed by atoms with Crippen molar-refractivity contribution in [2.75, 3.05) is 10.6 Å². The molecule has 192 valence electrons. The summed E-state index contributed by atoms with van der Waals surface area (Å²) >= 11 is 0. The van der Waals surface area contributed by atoms with Crippen LogP contribution in [0, 0.1) is 5.82 Å². The molecule has 3 aliphatic rings. The molecule has 0 saturated heterocycles. The number of aromatic nitrogens is 1. The Morgan fingerprint density at radius 2 is 2.00 bits per heavy atom. The minimum atomic E-state index is -4.75. The number of hydrogen-bond acceptors (Lipinski definition) is 5. The zero-order chi connectivity index (χ0) is 26.6. The Morgan fingerprint density at radius 3 is 2.82 bits per heavy atom. The fraction of sp³-hybridized carbons (Fsp3) is 0.200. The molecule has 8 nitrogen and oxygen atoms in total. The molecule has 3 heterocycles. The van der Waals surface area contributed by atoms with Gasteiger partial charge in [0.2, 0.25) is 0 Å². The number of fused-ring (bicyclic) bond motifs is 4. The monoisotopic (exact) mass is 524 g/mol. The molecule has 0 bridgehead atoms. The number of rotatable bonds is 4. The van der Waals surface area contributed by atoms with Gasteiger partial charge in [-0.05, 0) is 0 Å². The van der Waals surface area contributed by atoms with Crippen LogP contribution in [0.15, 0.2) is 48.7 Å². The van der Waals surface area contributed by atoms with Crippen LogP contribution in [-0.4, -0.2) is 35.5 Å². The third kappa shape index (κ3) is 4.55. The first-order valence-electron chi connectivity index (χ1n) is 11.6. The van der Waals surface area contributed by atoms with Gasteiger partial charge in [-0.2, -0.15) is 0 Å². The van der Waals surface area contributed by atoms with Crippen LogP contribution >= 0.6 is 0 Å². The summed E-state index contributed by atoms with van der Waals surface area (Å²) in [6.45, 7) is 0. The van der Waals surface area contributed by atoms with Crippen molar-refractivity contribution in [3.05, 3.63) is 71.2 Å². The van der Waals surface area contributed by atoms with Gasteiger partial charge in [-0.1, -0.05) is 0 Å². The van der Waals surface area contributed by atoms with Crippen molar-refractivity contribution in [1.82, 2.24) is 10.2 Å². The molecule has 1 aliphatic carbocycles. The van der Waals surface area contributed by atoms with Gasteiger partial charge in [0, 0.05) is 0 Å². The van der Waals surface area contributed by atoms with Crippen molar-refractivity contribution in [3.63, 3.8) is 0 Å². The standard InChI is InChI=1S/C25H17BF4N4O4/c27-12-7-11(25(28,29)30)8-13(9-12)32-24(36)34-26-21-20-16-10-14(1-3-17(16)38-22(20)21)37-18-5-6-31-23-15(18)2-4-19(35)33-23/h1,3,5-10,20,22H,2,4H2,(H,31,33,35)(H2,32,34,36)/t20-,22-/m0/s1. The van der Waals surface area contributed by atoms with E-state index in [9.17, 15) is 27.2 Å². The molecule has 3 aromatic rings. The quantitative estimate of drug-likeness (QED) is 0.348. The number of hydrogen-bond donors (Lipinski definition) is 3.